The summed E-state index contributed by atoms with van der Waals surface area (Å²) < 4.78 is 0. The normalized spacial score (nSPS) is 11.5. The highest BCUT2D eigenvalue weighted by molar-refractivity contribution is 6.18. The highest BCUT2D eigenvalue weighted by Crippen LogP contribution is 2.42. The van der Waals surface area contributed by atoms with Gasteiger partial charge in [-0.15, -0.1) is 0 Å². The molecule has 0 saturated heterocycles. The molecule has 0 aliphatic carbocycles. The third-order valence-electron chi connectivity index (χ3n) is 9.17. The number of benzene rings is 7. The van der Waals surface area contributed by atoms with E-state index in [1.807, 2.05) is 12.4 Å². The summed E-state index contributed by atoms with van der Waals surface area (Å²) in [6.07, 6.45) is 3.69. The van der Waals surface area contributed by atoms with Crippen molar-refractivity contribution in [2.24, 2.45) is 0 Å². The number of pyridine rings is 2. The van der Waals surface area contributed by atoms with E-state index in [1.54, 1.807) is 0 Å². The summed E-state index contributed by atoms with van der Waals surface area (Å²) in [5.41, 5.74) is 10.2. The van der Waals surface area contributed by atoms with Crippen molar-refractivity contribution in [3.63, 3.8) is 0 Å². The van der Waals surface area contributed by atoms with E-state index >= 15 is 0 Å². The van der Waals surface area contributed by atoms with Crippen molar-refractivity contribution < 1.29 is 0 Å². The van der Waals surface area contributed by atoms with Crippen LogP contribution in [0.1, 0.15) is 0 Å². The van der Waals surface area contributed by atoms with Gasteiger partial charge in [0, 0.05) is 28.7 Å². The van der Waals surface area contributed by atoms with Crippen LogP contribution < -0.4 is 0 Å². The number of hydrogen-bond acceptors (Lipinski definition) is 2. The summed E-state index contributed by atoms with van der Waals surface area (Å²) in [6.45, 7) is 0. The van der Waals surface area contributed by atoms with Crippen LogP contribution in [0.25, 0.3) is 87.9 Å². The molecule has 214 valence electrons. The molecule has 0 unspecified atom stereocenters. The minimum atomic E-state index is 0.973. The Labute approximate surface area is 267 Å². The molecule has 0 fully saturated rings. The van der Waals surface area contributed by atoms with Crippen molar-refractivity contribution in [2.45, 2.75) is 0 Å². The summed E-state index contributed by atoms with van der Waals surface area (Å²) in [4.78, 5) is 9.67. The van der Waals surface area contributed by atoms with Crippen LogP contribution in [-0.2, 0) is 0 Å². The molecule has 2 aromatic heterocycles. The van der Waals surface area contributed by atoms with Crippen LogP contribution in [0.3, 0.4) is 0 Å². The van der Waals surface area contributed by atoms with Crippen LogP contribution in [-0.4, -0.2) is 9.97 Å². The number of fused-ring (bicyclic) bond motifs is 5. The molecule has 2 heteroatoms. The first-order valence-corrected chi connectivity index (χ1v) is 15.7. The Balaban J connectivity index is 1.37. The van der Waals surface area contributed by atoms with Crippen LogP contribution in [0.5, 0.6) is 0 Å². The fourth-order valence-electron chi connectivity index (χ4n) is 6.95. The molecule has 0 saturated carbocycles. The molecule has 46 heavy (non-hydrogen) atoms. The lowest BCUT2D eigenvalue weighted by atomic mass is 9.89. The highest BCUT2D eigenvalue weighted by Gasteiger charge is 2.18. The Morgan fingerprint density at radius 2 is 0.870 bits per heavy atom. The molecular weight excluding hydrogens is 556 g/mol. The molecule has 0 N–H and O–H groups in total. The van der Waals surface area contributed by atoms with Gasteiger partial charge in [-0.2, -0.15) is 0 Å². The smallest absolute Gasteiger partial charge is 0.0794 e. The molecule has 0 aliphatic rings. The number of rotatable bonds is 4. The van der Waals surface area contributed by atoms with E-state index in [0.29, 0.717) is 0 Å². The fourth-order valence-corrected chi connectivity index (χ4v) is 6.95. The summed E-state index contributed by atoms with van der Waals surface area (Å²) in [5, 5.41) is 8.39. The second kappa shape index (κ2) is 10.8. The monoisotopic (exact) mass is 584 g/mol. The minimum absolute atomic E-state index is 0.973. The van der Waals surface area contributed by atoms with E-state index in [0.717, 1.165) is 38.7 Å². The first kappa shape index (κ1) is 26.3. The molecule has 9 aromatic rings. The molecule has 0 aliphatic heterocycles. The van der Waals surface area contributed by atoms with E-state index in [2.05, 4.69) is 163 Å². The van der Waals surface area contributed by atoms with E-state index in [4.69, 9.17) is 4.98 Å². The summed E-state index contributed by atoms with van der Waals surface area (Å²) in [6, 6.07) is 56.7. The quantitative estimate of drug-likeness (QED) is 0.192. The Morgan fingerprint density at radius 1 is 0.326 bits per heavy atom. The molecular formula is C44H28N2. The van der Waals surface area contributed by atoms with Crippen LogP contribution in [0.4, 0.5) is 0 Å². The Hall–Kier alpha value is -6.12. The van der Waals surface area contributed by atoms with Gasteiger partial charge < -0.3 is 0 Å². The summed E-state index contributed by atoms with van der Waals surface area (Å²) in [5.74, 6) is 0. The second-order valence-corrected chi connectivity index (χ2v) is 11.8. The van der Waals surface area contributed by atoms with Crippen molar-refractivity contribution in [3.05, 3.63) is 170 Å². The standard InChI is InChI=1S/C44H28N2/c1-3-13-34-31(9-1)11-7-17-36(34)41-27-42-40(33-21-19-29(20-22-33)30-23-25-45-26-24-30)28-43(46-44(42)39-16-6-5-15-37(39)41)38-18-8-12-32-10-2-4-14-35(32)38/h1-28H. The van der Waals surface area contributed by atoms with E-state index in [9.17, 15) is 0 Å². The third kappa shape index (κ3) is 4.35. The number of nitrogens with zero attached hydrogens (tertiary/aromatic N) is 2. The predicted octanol–water partition coefficient (Wildman–Crippen LogP) is 11.8. The average Bonchev–Trinajstić information content (AvgIpc) is 3.14. The zero-order valence-corrected chi connectivity index (χ0v) is 25.1. The van der Waals surface area contributed by atoms with E-state index < -0.39 is 0 Å². The maximum absolute atomic E-state index is 5.47. The van der Waals surface area contributed by atoms with Gasteiger partial charge in [0.1, 0.15) is 0 Å². The maximum atomic E-state index is 5.47. The lowest BCUT2D eigenvalue weighted by Gasteiger charge is -2.17. The van der Waals surface area contributed by atoms with Crippen LogP contribution in [0, 0.1) is 0 Å². The van der Waals surface area contributed by atoms with Gasteiger partial charge in [-0.3, -0.25) is 4.98 Å². The fraction of sp³-hybridized carbons (Fsp3) is 0. The first-order chi connectivity index (χ1) is 22.8. The lowest BCUT2D eigenvalue weighted by Crippen LogP contribution is -1.94. The molecule has 9 rings (SSSR count). The van der Waals surface area contributed by atoms with Gasteiger partial charge in [0.2, 0.25) is 0 Å². The largest absolute Gasteiger partial charge is 0.265 e. The Bertz CT molecular complexity index is 2560. The molecule has 0 spiro atoms. The van der Waals surface area contributed by atoms with Gasteiger partial charge >= 0.3 is 0 Å². The Morgan fingerprint density at radius 3 is 1.59 bits per heavy atom. The molecule has 2 heterocycles. The van der Waals surface area contributed by atoms with Gasteiger partial charge in [0.15, 0.2) is 0 Å². The molecule has 2 nitrogen and oxygen atoms in total. The maximum Gasteiger partial charge on any atom is 0.0794 e. The molecule has 7 aromatic carbocycles. The number of aromatic nitrogens is 2. The number of hydrogen-bond donors (Lipinski definition) is 0. The molecule has 0 bridgehead atoms. The zero-order chi connectivity index (χ0) is 30.5. The highest BCUT2D eigenvalue weighted by atomic mass is 14.7. The average molecular weight is 585 g/mol. The van der Waals surface area contributed by atoms with Gasteiger partial charge in [-0.25, -0.2) is 4.98 Å². The van der Waals surface area contributed by atoms with Gasteiger partial charge in [-0.1, -0.05) is 133 Å². The van der Waals surface area contributed by atoms with Crippen molar-refractivity contribution in [1.29, 1.82) is 0 Å². The SMILES string of the molecule is c1ccc2c(-c3cc(-c4ccc(-c5ccncc5)cc4)c4cc(-c5cccc6ccccc56)c5ccccc5c4n3)cccc2c1. The van der Waals surface area contributed by atoms with E-state index in [-0.39, 0.29) is 0 Å². The Kier molecular flexibility index (Phi) is 6.17. The summed E-state index contributed by atoms with van der Waals surface area (Å²) >= 11 is 0. The van der Waals surface area contributed by atoms with E-state index in [1.165, 1.54) is 49.2 Å². The molecule has 0 atom stereocenters. The van der Waals surface area contributed by atoms with Crippen LogP contribution >= 0.6 is 0 Å². The second-order valence-electron chi connectivity index (χ2n) is 11.8. The van der Waals surface area contributed by atoms with Crippen molar-refractivity contribution in [3.8, 4) is 44.6 Å². The third-order valence-corrected chi connectivity index (χ3v) is 9.17. The first-order valence-electron chi connectivity index (χ1n) is 15.7. The summed E-state index contributed by atoms with van der Waals surface area (Å²) in [7, 11) is 0. The van der Waals surface area contributed by atoms with Gasteiger partial charge in [0.25, 0.3) is 0 Å². The predicted molar refractivity (Wildman–Crippen MR) is 194 cm³/mol. The topological polar surface area (TPSA) is 25.8 Å². The van der Waals surface area contributed by atoms with Gasteiger partial charge in [-0.05, 0) is 84.6 Å². The minimum Gasteiger partial charge on any atom is -0.265 e. The van der Waals surface area contributed by atoms with Gasteiger partial charge in [0.05, 0.1) is 11.2 Å². The van der Waals surface area contributed by atoms with Crippen molar-refractivity contribution in [1.82, 2.24) is 9.97 Å². The van der Waals surface area contributed by atoms with Crippen molar-refractivity contribution in [2.75, 3.05) is 0 Å². The molecule has 0 amide bonds. The van der Waals surface area contributed by atoms with Crippen LogP contribution in [0.2, 0.25) is 0 Å². The zero-order valence-electron chi connectivity index (χ0n) is 25.1. The molecule has 0 radical (unpaired) electrons. The van der Waals surface area contributed by atoms with Crippen LogP contribution in [0.15, 0.2) is 170 Å². The van der Waals surface area contributed by atoms with Crippen molar-refractivity contribution >= 4 is 43.2 Å². The lowest BCUT2D eigenvalue weighted by molar-refractivity contribution is 1.33.